The average molecular weight is 280 g/mol. The summed E-state index contributed by atoms with van der Waals surface area (Å²) < 4.78 is 0. The van der Waals surface area contributed by atoms with Crippen molar-refractivity contribution in [3.8, 4) is 0 Å². The molecular formula is C14H20N2S2. The van der Waals surface area contributed by atoms with E-state index in [4.69, 9.17) is 4.99 Å². The Bertz CT molecular complexity index is 444. The summed E-state index contributed by atoms with van der Waals surface area (Å²) in [5.74, 6) is 1.22. The van der Waals surface area contributed by atoms with Crippen LogP contribution in [0.25, 0.3) is 0 Å². The first kappa shape index (κ1) is 12.5. The van der Waals surface area contributed by atoms with Crippen molar-refractivity contribution < 1.29 is 0 Å². The van der Waals surface area contributed by atoms with E-state index in [2.05, 4.69) is 23.7 Å². The Balaban J connectivity index is 1.63. The number of amidine groups is 1. The van der Waals surface area contributed by atoms with Crippen molar-refractivity contribution in [2.45, 2.75) is 51.1 Å². The van der Waals surface area contributed by atoms with Crippen LogP contribution in [0.2, 0.25) is 0 Å². The number of thiophene rings is 1. The highest BCUT2D eigenvalue weighted by molar-refractivity contribution is 8.14. The van der Waals surface area contributed by atoms with Crippen LogP contribution in [0, 0.1) is 6.92 Å². The van der Waals surface area contributed by atoms with Crippen LogP contribution in [0.15, 0.2) is 16.4 Å². The fourth-order valence-electron chi connectivity index (χ4n) is 2.80. The number of hydrogen-bond donors (Lipinski definition) is 1. The monoisotopic (exact) mass is 280 g/mol. The predicted molar refractivity (Wildman–Crippen MR) is 81.6 cm³/mol. The number of thioether (sulfide) groups is 1. The molecule has 0 radical (unpaired) electrons. The molecule has 1 saturated heterocycles. The third kappa shape index (κ3) is 2.59. The van der Waals surface area contributed by atoms with E-state index in [1.165, 1.54) is 53.5 Å². The zero-order valence-corrected chi connectivity index (χ0v) is 12.5. The summed E-state index contributed by atoms with van der Waals surface area (Å²) >= 11 is 3.73. The maximum atomic E-state index is 4.75. The minimum atomic E-state index is 0.381. The highest BCUT2D eigenvalue weighted by Gasteiger charge is 2.37. The molecule has 0 atom stereocenters. The van der Waals surface area contributed by atoms with Crippen molar-refractivity contribution in [2.75, 3.05) is 5.75 Å². The summed E-state index contributed by atoms with van der Waals surface area (Å²) in [6.07, 6.45) is 6.83. The smallest absolute Gasteiger partial charge is 0.157 e. The molecule has 1 saturated carbocycles. The molecular weight excluding hydrogens is 260 g/mol. The van der Waals surface area contributed by atoms with Gasteiger partial charge in [-0.05, 0) is 36.8 Å². The van der Waals surface area contributed by atoms with Crippen LogP contribution in [-0.4, -0.2) is 16.5 Å². The lowest BCUT2D eigenvalue weighted by molar-refractivity contribution is 0.303. The number of nitrogens with one attached hydrogen (secondary N) is 1. The molecule has 1 aromatic heterocycles. The van der Waals surface area contributed by atoms with E-state index >= 15 is 0 Å². The highest BCUT2D eigenvalue weighted by Crippen LogP contribution is 2.36. The average Bonchev–Trinajstić information content (AvgIpc) is 2.96. The van der Waals surface area contributed by atoms with Gasteiger partial charge < -0.3 is 5.32 Å². The van der Waals surface area contributed by atoms with Gasteiger partial charge in [0.15, 0.2) is 5.17 Å². The third-order valence-corrected chi connectivity index (χ3v) is 6.21. The van der Waals surface area contributed by atoms with E-state index in [1.54, 1.807) is 0 Å². The second kappa shape index (κ2) is 5.25. The van der Waals surface area contributed by atoms with Crippen molar-refractivity contribution in [3.63, 3.8) is 0 Å². The molecule has 3 rings (SSSR count). The molecule has 98 valence electrons. The van der Waals surface area contributed by atoms with Crippen LogP contribution < -0.4 is 5.32 Å². The van der Waals surface area contributed by atoms with Crippen LogP contribution >= 0.6 is 23.1 Å². The summed E-state index contributed by atoms with van der Waals surface area (Å²) in [7, 11) is 0. The highest BCUT2D eigenvalue weighted by atomic mass is 32.2. The minimum Gasteiger partial charge on any atom is -0.359 e. The van der Waals surface area contributed by atoms with Gasteiger partial charge in [0.1, 0.15) is 0 Å². The molecule has 18 heavy (non-hydrogen) atoms. The quantitative estimate of drug-likeness (QED) is 0.887. The number of rotatable bonds is 2. The normalized spacial score (nSPS) is 24.6. The summed E-state index contributed by atoms with van der Waals surface area (Å²) in [5, 5.41) is 7.03. The molecule has 2 fully saturated rings. The fraction of sp³-hybridized carbons (Fsp3) is 0.643. The number of aryl methyl sites for hydroxylation is 1. The van der Waals surface area contributed by atoms with Crippen LogP contribution in [-0.2, 0) is 6.54 Å². The molecule has 2 nitrogen and oxygen atoms in total. The molecule has 2 aliphatic rings. The summed E-state index contributed by atoms with van der Waals surface area (Å²) in [6.45, 7) is 3.01. The van der Waals surface area contributed by atoms with Gasteiger partial charge in [-0.25, -0.2) is 0 Å². The van der Waals surface area contributed by atoms with Gasteiger partial charge in [-0.3, -0.25) is 4.99 Å². The Morgan fingerprint density at radius 1 is 1.33 bits per heavy atom. The van der Waals surface area contributed by atoms with E-state index in [9.17, 15) is 0 Å². The van der Waals surface area contributed by atoms with Gasteiger partial charge in [-0.2, -0.15) is 0 Å². The Hall–Kier alpha value is -0.480. The van der Waals surface area contributed by atoms with E-state index in [-0.39, 0.29) is 0 Å². The number of nitrogens with zero attached hydrogens (tertiary/aromatic N) is 1. The lowest BCUT2D eigenvalue weighted by Gasteiger charge is -2.32. The second-order valence-electron chi connectivity index (χ2n) is 5.40. The van der Waals surface area contributed by atoms with Crippen LogP contribution in [0.5, 0.6) is 0 Å². The van der Waals surface area contributed by atoms with Gasteiger partial charge in [0.05, 0.1) is 6.54 Å². The zero-order chi connectivity index (χ0) is 12.4. The fourth-order valence-corrected chi connectivity index (χ4v) is 4.85. The first-order valence-corrected chi connectivity index (χ1v) is 8.62. The first-order valence-electron chi connectivity index (χ1n) is 6.76. The van der Waals surface area contributed by atoms with Crippen LogP contribution in [0.3, 0.4) is 0 Å². The van der Waals surface area contributed by atoms with E-state index < -0.39 is 0 Å². The topological polar surface area (TPSA) is 24.4 Å². The van der Waals surface area contributed by atoms with E-state index in [0.717, 1.165) is 6.54 Å². The van der Waals surface area contributed by atoms with Gasteiger partial charge in [-0.15, -0.1) is 11.3 Å². The second-order valence-corrected chi connectivity index (χ2v) is 7.37. The van der Waals surface area contributed by atoms with Gasteiger partial charge in [0.2, 0.25) is 0 Å². The third-order valence-electron chi connectivity index (χ3n) is 4.00. The van der Waals surface area contributed by atoms with Gasteiger partial charge in [0.25, 0.3) is 0 Å². The standard InChI is InChI=1S/C14H20N2S2/c1-11-5-8-17-12(11)9-15-13-16-14(10-18-13)6-3-2-4-7-14/h5,8H,2-4,6-7,9-10H2,1H3,(H,15,16). The summed E-state index contributed by atoms with van der Waals surface area (Å²) in [6, 6.07) is 2.18. The molecule has 0 aromatic carbocycles. The molecule has 2 heterocycles. The molecule has 1 aliphatic carbocycles. The minimum absolute atomic E-state index is 0.381. The SMILES string of the molecule is Cc1ccsc1CN=C1NC2(CCCCC2)CS1. The first-order chi connectivity index (χ1) is 8.77. The lowest BCUT2D eigenvalue weighted by Crippen LogP contribution is -2.45. The Morgan fingerprint density at radius 3 is 2.89 bits per heavy atom. The molecule has 1 aromatic rings. The molecule has 1 N–H and O–H groups in total. The number of hydrogen-bond acceptors (Lipinski definition) is 3. The molecule has 1 aliphatic heterocycles. The molecule has 0 amide bonds. The van der Waals surface area contributed by atoms with E-state index in [1.807, 2.05) is 23.1 Å². The largest absolute Gasteiger partial charge is 0.359 e. The zero-order valence-electron chi connectivity index (χ0n) is 10.9. The maximum Gasteiger partial charge on any atom is 0.157 e. The van der Waals surface area contributed by atoms with Crippen molar-refractivity contribution in [1.29, 1.82) is 0 Å². The van der Waals surface area contributed by atoms with Gasteiger partial charge in [-0.1, -0.05) is 31.0 Å². The van der Waals surface area contributed by atoms with Gasteiger partial charge >= 0.3 is 0 Å². The van der Waals surface area contributed by atoms with Crippen molar-refractivity contribution in [3.05, 3.63) is 21.9 Å². The number of aliphatic imine (C=N–C) groups is 1. The van der Waals surface area contributed by atoms with Crippen molar-refractivity contribution in [1.82, 2.24) is 5.32 Å². The Morgan fingerprint density at radius 2 is 2.17 bits per heavy atom. The van der Waals surface area contributed by atoms with Crippen LogP contribution in [0.4, 0.5) is 0 Å². The van der Waals surface area contributed by atoms with Gasteiger partial charge in [0, 0.05) is 16.2 Å². The Labute approximate surface area is 117 Å². The molecule has 4 heteroatoms. The molecule has 0 bridgehead atoms. The van der Waals surface area contributed by atoms with Crippen molar-refractivity contribution >= 4 is 28.3 Å². The molecule has 1 spiro atoms. The maximum absolute atomic E-state index is 4.75. The van der Waals surface area contributed by atoms with E-state index in [0.29, 0.717) is 5.54 Å². The Kier molecular flexibility index (Phi) is 3.66. The summed E-state index contributed by atoms with van der Waals surface area (Å²) in [4.78, 5) is 6.15. The summed E-state index contributed by atoms with van der Waals surface area (Å²) in [5.41, 5.74) is 1.76. The molecule has 0 unspecified atom stereocenters. The lowest BCUT2D eigenvalue weighted by atomic mass is 9.83. The predicted octanol–water partition coefficient (Wildman–Crippen LogP) is 3.95. The van der Waals surface area contributed by atoms with Crippen LogP contribution in [0.1, 0.15) is 42.5 Å². The van der Waals surface area contributed by atoms with Crippen molar-refractivity contribution in [2.24, 2.45) is 4.99 Å².